The molecule has 0 aliphatic rings. The van der Waals surface area contributed by atoms with Crippen molar-refractivity contribution < 1.29 is 0 Å². The van der Waals surface area contributed by atoms with Crippen LogP contribution in [0.3, 0.4) is 0 Å². The fraction of sp³-hybridized carbons (Fsp3) is 0.200. The van der Waals surface area contributed by atoms with E-state index in [4.69, 9.17) is 12.2 Å². The largest absolute Gasteiger partial charge is 0.344 e. The van der Waals surface area contributed by atoms with Gasteiger partial charge in [-0.15, -0.1) is 0 Å². The average molecular weight is 313 g/mol. The summed E-state index contributed by atoms with van der Waals surface area (Å²) in [5.74, 6) is 0. The van der Waals surface area contributed by atoms with Crippen molar-refractivity contribution in [2.75, 3.05) is 0 Å². The van der Waals surface area contributed by atoms with Crippen molar-refractivity contribution >= 4 is 29.3 Å². The molecule has 3 aromatic rings. The number of aromatic amines is 1. The predicted molar refractivity (Wildman–Crippen MR) is 89.0 cm³/mol. The topological polar surface area (TPSA) is 68.0 Å². The Morgan fingerprint density at radius 2 is 2.18 bits per heavy atom. The molecular weight excluding hydrogens is 298 g/mol. The minimum Gasteiger partial charge on any atom is -0.344 e. The third-order valence-corrected chi connectivity index (χ3v) is 3.90. The molecule has 2 aromatic heterocycles. The predicted octanol–water partition coefficient (Wildman–Crippen LogP) is 2.47. The quantitative estimate of drug-likeness (QED) is 0.596. The second-order valence-electron chi connectivity index (χ2n) is 4.83. The number of aromatic nitrogens is 4. The van der Waals surface area contributed by atoms with E-state index in [1.54, 1.807) is 6.21 Å². The van der Waals surface area contributed by atoms with E-state index in [0.29, 0.717) is 0 Å². The molecule has 2 heterocycles. The fourth-order valence-electron chi connectivity index (χ4n) is 2.60. The molecule has 0 amide bonds. The van der Waals surface area contributed by atoms with Gasteiger partial charge in [0.05, 0.1) is 6.21 Å². The summed E-state index contributed by atoms with van der Waals surface area (Å²) in [6, 6.07) is 8.13. The van der Waals surface area contributed by atoms with Gasteiger partial charge in [0.1, 0.15) is 6.20 Å². The van der Waals surface area contributed by atoms with Gasteiger partial charge < -0.3 is 4.57 Å². The van der Waals surface area contributed by atoms with Crippen molar-refractivity contribution in [3.63, 3.8) is 0 Å². The summed E-state index contributed by atoms with van der Waals surface area (Å²) in [4.78, 5) is 11.8. The fourth-order valence-corrected chi connectivity index (χ4v) is 2.79. The number of hydrogen-bond acceptors (Lipinski definition) is 4. The summed E-state index contributed by atoms with van der Waals surface area (Å²) in [6.07, 6.45) is 2.82. The molecule has 0 unspecified atom stereocenters. The Hall–Kier alpha value is -2.54. The van der Waals surface area contributed by atoms with Crippen molar-refractivity contribution in [1.29, 1.82) is 0 Å². The molecule has 0 aliphatic heterocycles. The lowest BCUT2D eigenvalue weighted by Crippen LogP contribution is -2.18. The van der Waals surface area contributed by atoms with Gasteiger partial charge in [0, 0.05) is 28.7 Å². The Morgan fingerprint density at radius 3 is 2.91 bits per heavy atom. The molecule has 1 N–H and O–H groups in total. The van der Waals surface area contributed by atoms with Crippen LogP contribution in [0, 0.1) is 11.7 Å². The van der Waals surface area contributed by atoms with Crippen LogP contribution in [0.25, 0.3) is 10.9 Å². The Bertz CT molecular complexity index is 951. The molecule has 6 nitrogen and oxygen atoms in total. The van der Waals surface area contributed by atoms with E-state index in [1.165, 1.54) is 0 Å². The van der Waals surface area contributed by atoms with E-state index < -0.39 is 0 Å². The Balaban J connectivity index is 2.20. The lowest BCUT2D eigenvalue weighted by Gasteiger charge is -2.03. The zero-order valence-electron chi connectivity index (χ0n) is 12.3. The van der Waals surface area contributed by atoms with Crippen molar-refractivity contribution in [3.8, 4) is 0 Å². The Kier molecular flexibility index (Phi) is 3.72. The van der Waals surface area contributed by atoms with Crippen LogP contribution in [0.2, 0.25) is 0 Å². The van der Waals surface area contributed by atoms with Gasteiger partial charge in [0.15, 0.2) is 0 Å². The second-order valence-corrected chi connectivity index (χ2v) is 5.22. The van der Waals surface area contributed by atoms with Gasteiger partial charge in [-0.05, 0) is 32.1 Å². The van der Waals surface area contributed by atoms with Gasteiger partial charge in [0.2, 0.25) is 4.77 Å². The highest BCUT2D eigenvalue weighted by Crippen LogP contribution is 2.24. The van der Waals surface area contributed by atoms with Gasteiger partial charge in [0.25, 0.3) is 5.56 Å². The van der Waals surface area contributed by atoms with Gasteiger partial charge in [-0.2, -0.15) is 14.9 Å². The number of aryl methyl sites for hydroxylation is 1. The molecule has 0 bridgehead atoms. The summed E-state index contributed by atoms with van der Waals surface area (Å²) in [5, 5.41) is 11.5. The molecular formula is C15H15N5OS. The van der Waals surface area contributed by atoms with Crippen LogP contribution in [0.1, 0.15) is 18.2 Å². The van der Waals surface area contributed by atoms with E-state index in [-0.39, 0.29) is 10.3 Å². The van der Waals surface area contributed by atoms with Crippen LogP contribution in [0.5, 0.6) is 0 Å². The zero-order chi connectivity index (χ0) is 15.7. The summed E-state index contributed by atoms with van der Waals surface area (Å²) < 4.78 is 3.51. The van der Waals surface area contributed by atoms with Crippen LogP contribution >= 0.6 is 12.2 Å². The van der Waals surface area contributed by atoms with Crippen molar-refractivity contribution in [3.05, 3.63) is 56.8 Å². The molecule has 0 fully saturated rings. The van der Waals surface area contributed by atoms with Crippen molar-refractivity contribution in [2.45, 2.75) is 20.4 Å². The van der Waals surface area contributed by atoms with Gasteiger partial charge in [-0.25, -0.2) is 0 Å². The molecule has 112 valence electrons. The minimum atomic E-state index is -0.364. The van der Waals surface area contributed by atoms with Crippen molar-refractivity contribution in [2.24, 2.45) is 5.10 Å². The molecule has 0 saturated heterocycles. The summed E-state index contributed by atoms with van der Waals surface area (Å²) in [7, 11) is 0. The maximum Gasteiger partial charge on any atom is 0.293 e. The first kappa shape index (κ1) is 14.4. The number of rotatable bonds is 3. The lowest BCUT2D eigenvalue weighted by atomic mass is 10.1. The molecule has 7 heteroatoms. The minimum absolute atomic E-state index is 0.167. The van der Waals surface area contributed by atoms with Gasteiger partial charge in [-0.3, -0.25) is 9.89 Å². The Morgan fingerprint density at radius 1 is 1.41 bits per heavy atom. The standard InChI is InChI=1S/C15H15N5OS/c1-3-19-10(2)12(11-6-4-5-7-13(11)19)8-17-20-14(21)9-16-18-15(20)22/h4-9H,3H2,1-2H3,(H,18,22)/b17-8-. The number of H-pyrrole nitrogens is 1. The van der Waals surface area contributed by atoms with E-state index >= 15 is 0 Å². The normalized spacial score (nSPS) is 11.5. The summed E-state index contributed by atoms with van der Waals surface area (Å²) >= 11 is 5.04. The molecule has 0 atom stereocenters. The first-order valence-electron chi connectivity index (χ1n) is 6.92. The molecule has 0 saturated carbocycles. The first-order chi connectivity index (χ1) is 10.6. The summed E-state index contributed by atoms with van der Waals surface area (Å²) in [5.41, 5.74) is 2.87. The smallest absolute Gasteiger partial charge is 0.293 e. The number of benzene rings is 1. The van der Waals surface area contributed by atoms with Crippen LogP contribution in [0.15, 0.2) is 40.4 Å². The highest BCUT2D eigenvalue weighted by Gasteiger charge is 2.11. The van der Waals surface area contributed by atoms with Gasteiger partial charge in [-0.1, -0.05) is 18.2 Å². The summed E-state index contributed by atoms with van der Waals surface area (Å²) in [6.45, 7) is 5.01. The zero-order valence-corrected chi connectivity index (χ0v) is 13.1. The van der Waals surface area contributed by atoms with Crippen LogP contribution in [-0.2, 0) is 6.54 Å². The highest BCUT2D eigenvalue weighted by atomic mass is 32.1. The lowest BCUT2D eigenvalue weighted by molar-refractivity contribution is 0.737. The maximum absolute atomic E-state index is 11.8. The molecule has 3 rings (SSSR count). The van der Waals surface area contributed by atoms with E-state index in [1.807, 2.05) is 25.1 Å². The van der Waals surface area contributed by atoms with E-state index in [9.17, 15) is 4.79 Å². The number of hydrogen-bond donors (Lipinski definition) is 1. The SMILES string of the molecule is CCn1c(C)c(/C=N\n2c(=O)cn[nH]c2=S)c2ccccc21. The third kappa shape index (κ3) is 2.29. The molecule has 1 aromatic carbocycles. The molecule has 0 spiro atoms. The van der Waals surface area contributed by atoms with Crippen LogP contribution in [0.4, 0.5) is 0 Å². The van der Waals surface area contributed by atoms with E-state index in [2.05, 4.69) is 32.9 Å². The van der Waals surface area contributed by atoms with Crippen LogP contribution in [-0.4, -0.2) is 25.7 Å². The molecule has 0 radical (unpaired) electrons. The third-order valence-electron chi connectivity index (χ3n) is 3.63. The van der Waals surface area contributed by atoms with Crippen molar-refractivity contribution in [1.82, 2.24) is 19.4 Å². The van der Waals surface area contributed by atoms with Gasteiger partial charge >= 0.3 is 0 Å². The van der Waals surface area contributed by atoms with Crippen LogP contribution < -0.4 is 5.56 Å². The number of fused-ring (bicyclic) bond motifs is 1. The Labute approximate surface area is 131 Å². The average Bonchev–Trinajstić information content (AvgIpc) is 2.78. The monoisotopic (exact) mass is 313 g/mol. The maximum atomic E-state index is 11.8. The van der Waals surface area contributed by atoms with E-state index in [0.717, 1.165) is 39.6 Å². The molecule has 0 aliphatic carbocycles. The first-order valence-corrected chi connectivity index (χ1v) is 7.33. The number of nitrogens with one attached hydrogen (secondary N) is 1. The molecule has 22 heavy (non-hydrogen) atoms. The number of nitrogens with zero attached hydrogens (tertiary/aromatic N) is 4. The highest BCUT2D eigenvalue weighted by molar-refractivity contribution is 7.71. The number of para-hydroxylation sites is 1. The second kappa shape index (κ2) is 5.69.